The van der Waals surface area contributed by atoms with Crippen molar-refractivity contribution in [3.63, 3.8) is 0 Å². The number of Topliss-reactive ketones (excluding diaryl/α,β-unsaturated/α-hetero) is 1. The lowest BCUT2D eigenvalue weighted by molar-refractivity contribution is -0.143. The SMILES string of the molecule is CN(C)CCN1C(=O)C(=O)/C(=C(/O)c2cccc(S(=O)(=O)N(C)C)c2)[C@@]12C(=O)N(C)c1ccccc12. The average molecular weight is 513 g/mol. The zero-order chi connectivity index (χ0) is 26.6. The van der Waals surface area contributed by atoms with Gasteiger partial charge in [-0.1, -0.05) is 30.3 Å². The molecule has 0 radical (unpaired) electrons. The fourth-order valence-corrected chi connectivity index (χ4v) is 5.68. The van der Waals surface area contributed by atoms with Crippen LogP contribution in [0.15, 0.2) is 59.0 Å². The predicted octanol–water partition coefficient (Wildman–Crippen LogP) is 1.05. The monoisotopic (exact) mass is 512 g/mol. The maximum absolute atomic E-state index is 13.9. The van der Waals surface area contributed by atoms with Crippen LogP contribution in [-0.4, -0.2) is 93.6 Å². The first-order valence-electron chi connectivity index (χ1n) is 11.2. The van der Waals surface area contributed by atoms with E-state index in [1.807, 2.05) is 4.90 Å². The smallest absolute Gasteiger partial charge is 0.296 e. The summed E-state index contributed by atoms with van der Waals surface area (Å²) in [6.07, 6.45) is 0. The van der Waals surface area contributed by atoms with Crippen LogP contribution in [0.3, 0.4) is 0 Å². The van der Waals surface area contributed by atoms with Gasteiger partial charge in [-0.15, -0.1) is 0 Å². The minimum Gasteiger partial charge on any atom is -0.507 e. The van der Waals surface area contributed by atoms with Gasteiger partial charge in [0.25, 0.3) is 17.6 Å². The molecular formula is C25H28N4O6S. The van der Waals surface area contributed by atoms with Crippen molar-refractivity contribution in [1.82, 2.24) is 14.1 Å². The lowest BCUT2D eigenvalue weighted by Crippen LogP contribution is -2.52. The molecule has 2 aliphatic heterocycles. The number of hydrogen-bond acceptors (Lipinski definition) is 7. The Morgan fingerprint density at radius 1 is 1.00 bits per heavy atom. The minimum absolute atomic E-state index is 0.00254. The van der Waals surface area contributed by atoms with E-state index in [2.05, 4.69) is 0 Å². The van der Waals surface area contributed by atoms with Gasteiger partial charge in [0.2, 0.25) is 10.0 Å². The quantitative estimate of drug-likeness (QED) is 0.349. The number of rotatable bonds is 6. The maximum Gasteiger partial charge on any atom is 0.296 e. The van der Waals surface area contributed by atoms with Gasteiger partial charge in [-0.2, -0.15) is 0 Å². The summed E-state index contributed by atoms with van der Waals surface area (Å²) in [5, 5.41) is 11.5. The highest BCUT2D eigenvalue weighted by atomic mass is 32.2. The van der Waals surface area contributed by atoms with Crippen LogP contribution in [0.5, 0.6) is 0 Å². The van der Waals surface area contributed by atoms with Gasteiger partial charge in [0.1, 0.15) is 5.76 Å². The third-order valence-electron chi connectivity index (χ3n) is 6.60. The molecule has 36 heavy (non-hydrogen) atoms. The zero-order valence-electron chi connectivity index (χ0n) is 20.7. The number of aliphatic hydroxyl groups is 1. The number of sulfonamides is 1. The summed E-state index contributed by atoms with van der Waals surface area (Å²) in [6, 6.07) is 12.2. The Labute approximate surface area is 210 Å². The maximum atomic E-state index is 13.9. The molecule has 10 nitrogen and oxygen atoms in total. The van der Waals surface area contributed by atoms with Crippen LogP contribution in [0.2, 0.25) is 0 Å². The number of likely N-dealkylation sites (N-methyl/N-ethyl adjacent to an activating group) is 2. The molecular weight excluding hydrogens is 484 g/mol. The summed E-state index contributed by atoms with van der Waals surface area (Å²) >= 11 is 0. The fourth-order valence-electron chi connectivity index (χ4n) is 4.73. The molecule has 190 valence electrons. The molecule has 1 saturated heterocycles. The van der Waals surface area contributed by atoms with Gasteiger partial charge in [-0.3, -0.25) is 14.4 Å². The molecule has 2 aromatic rings. The molecule has 0 bridgehead atoms. The normalized spacial score (nSPS) is 21.4. The van der Waals surface area contributed by atoms with Gasteiger partial charge in [0.05, 0.1) is 10.5 Å². The Morgan fingerprint density at radius 2 is 1.67 bits per heavy atom. The van der Waals surface area contributed by atoms with Crippen molar-refractivity contribution in [3.8, 4) is 0 Å². The standard InChI is InChI=1S/C25H28N4O6S/c1-26(2)13-14-29-23(32)22(31)20(25(29)18-11-6-7-12-19(18)28(5)24(25)33)21(30)16-9-8-10-17(15-16)36(34,35)27(3)4/h6-12,15,30H,13-14H2,1-5H3/b21-20-/t25-/m0/s1. The van der Waals surface area contributed by atoms with Gasteiger partial charge in [0.15, 0.2) is 5.54 Å². The lowest BCUT2D eigenvalue weighted by Gasteiger charge is -2.34. The largest absolute Gasteiger partial charge is 0.507 e. The molecule has 11 heteroatoms. The van der Waals surface area contributed by atoms with E-state index < -0.39 is 38.9 Å². The number of benzene rings is 2. The highest BCUT2D eigenvalue weighted by molar-refractivity contribution is 7.89. The summed E-state index contributed by atoms with van der Waals surface area (Å²) < 4.78 is 26.4. The van der Waals surface area contributed by atoms with Crippen molar-refractivity contribution >= 4 is 39.1 Å². The molecule has 1 atom stereocenters. The summed E-state index contributed by atoms with van der Waals surface area (Å²) in [6.45, 7) is 0.419. The van der Waals surface area contributed by atoms with Crippen LogP contribution < -0.4 is 4.90 Å². The number of likely N-dealkylation sites (tertiary alicyclic amines) is 1. The van der Waals surface area contributed by atoms with Crippen LogP contribution >= 0.6 is 0 Å². The van der Waals surface area contributed by atoms with Gasteiger partial charge in [0, 0.05) is 51.0 Å². The highest BCUT2D eigenvalue weighted by Crippen LogP contribution is 2.53. The van der Waals surface area contributed by atoms with Gasteiger partial charge in [-0.05, 0) is 32.3 Å². The van der Waals surface area contributed by atoms with Gasteiger partial charge >= 0.3 is 0 Å². The molecule has 1 fully saturated rings. The van der Waals surface area contributed by atoms with E-state index in [1.165, 1.54) is 48.2 Å². The van der Waals surface area contributed by atoms with Crippen molar-refractivity contribution in [2.75, 3.05) is 53.2 Å². The second kappa shape index (κ2) is 8.84. The van der Waals surface area contributed by atoms with E-state index in [0.717, 1.165) is 4.31 Å². The first-order valence-corrected chi connectivity index (χ1v) is 12.7. The number of aliphatic hydroxyl groups excluding tert-OH is 1. The second-order valence-corrected chi connectivity index (χ2v) is 11.4. The molecule has 0 aliphatic carbocycles. The van der Waals surface area contributed by atoms with E-state index in [0.29, 0.717) is 17.8 Å². The first-order chi connectivity index (χ1) is 16.9. The second-order valence-electron chi connectivity index (χ2n) is 9.22. The van der Waals surface area contributed by atoms with E-state index >= 15 is 0 Å². The Balaban J connectivity index is 2.03. The molecule has 0 unspecified atom stereocenters. The molecule has 2 heterocycles. The van der Waals surface area contributed by atoms with E-state index in [1.54, 1.807) is 45.4 Å². The molecule has 2 amide bonds. The number of anilines is 1. The number of fused-ring (bicyclic) bond motifs is 2. The first kappa shape index (κ1) is 25.5. The van der Waals surface area contributed by atoms with Crippen LogP contribution in [-0.2, 0) is 29.9 Å². The number of ketones is 1. The molecule has 0 saturated carbocycles. The number of carbonyl (C=O) groups excluding carboxylic acids is 3. The summed E-state index contributed by atoms with van der Waals surface area (Å²) in [5.74, 6) is -3.09. The summed E-state index contributed by atoms with van der Waals surface area (Å²) in [4.78, 5) is 45.0. The Hall–Kier alpha value is -3.54. The predicted molar refractivity (Wildman–Crippen MR) is 134 cm³/mol. The number of para-hydroxylation sites is 1. The highest BCUT2D eigenvalue weighted by Gasteiger charge is 2.66. The number of hydrogen-bond donors (Lipinski definition) is 1. The van der Waals surface area contributed by atoms with E-state index in [-0.39, 0.29) is 22.6 Å². The van der Waals surface area contributed by atoms with Crippen molar-refractivity contribution in [3.05, 3.63) is 65.2 Å². The lowest BCUT2D eigenvalue weighted by atomic mass is 9.82. The Kier molecular flexibility index (Phi) is 6.27. The number of carbonyl (C=O) groups is 3. The number of nitrogens with zero attached hydrogens (tertiary/aromatic N) is 4. The minimum atomic E-state index is -3.85. The van der Waals surface area contributed by atoms with E-state index in [9.17, 15) is 27.9 Å². The summed E-state index contributed by atoms with van der Waals surface area (Å²) in [5.41, 5.74) is -1.35. The molecule has 1 N–H and O–H groups in total. The number of amides is 2. The van der Waals surface area contributed by atoms with Crippen molar-refractivity contribution in [2.24, 2.45) is 0 Å². The average Bonchev–Trinajstić information content (AvgIpc) is 3.20. The van der Waals surface area contributed by atoms with E-state index in [4.69, 9.17) is 0 Å². The molecule has 2 aromatic carbocycles. The van der Waals surface area contributed by atoms with Crippen LogP contribution in [0.1, 0.15) is 11.1 Å². The topological polar surface area (TPSA) is 119 Å². The van der Waals surface area contributed by atoms with Crippen LogP contribution in [0, 0.1) is 0 Å². The summed E-state index contributed by atoms with van der Waals surface area (Å²) in [7, 11) is 4.06. The Bertz CT molecular complexity index is 1420. The van der Waals surface area contributed by atoms with Crippen LogP contribution in [0.25, 0.3) is 5.76 Å². The van der Waals surface area contributed by atoms with Crippen molar-refractivity contribution < 1.29 is 27.9 Å². The van der Waals surface area contributed by atoms with Gasteiger partial charge in [-0.25, -0.2) is 12.7 Å². The third-order valence-corrected chi connectivity index (χ3v) is 8.41. The molecule has 0 aromatic heterocycles. The molecule has 4 rings (SSSR count). The Morgan fingerprint density at radius 3 is 2.31 bits per heavy atom. The molecule has 1 spiro atoms. The van der Waals surface area contributed by atoms with Crippen molar-refractivity contribution in [1.29, 1.82) is 0 Å². The van der Waals surface area contributed by atoms with Crippen LogP contribution in [0.4, 0.5) is 5.69 Å². The third kappa shape index (κ3) is 3.54. The zero-order valence-corrected chi connectivity index (χ0v) is 21.5. The fraction of sp³-hybridized carbons (Fsp3) is 0.320. The molecule has 2 aliphatic rings. The van der Waals surface area contributed by atoms with Crippen molar-refractivity contribution in [2.45, 2.75) is 10.4 Å². The van der Waals surface area contributed by atoms with Gasteiger partial charge < -0.3 is 19.8 Å².